The molecule has 7 heteroatoms. The predicted octanol–water partition coefficient (Wildman–Crippen LogP) is 3.03. The van der Waals surface area contributed by atoms with Crippen LogP contribution in [0.15, 0.2) is 29.6 Å². The SMILES string of the molecule is O=S(=O)(CCCCCO)Cc1csc(-c2ccccc2F)n1. The van der Waals surface area contributed by atoms with Crippen molar-refractivity contribution in [1.82, 2.24) is 4.98 Å². The molecule has 1 aromatic heterocycles. The third-order valence-electron chi connectivity index (χ3n) is 3.14. The van der Waals surface area contributed by atoms with Gasteiger partial charge in [0.05, 0.1) is 17.2 Å². The van der Waals surface area contributed by atoms with E-state index in [9.17, 15) is 12.8 Å². The molecule has 0 radical (unpaired) electrons. The Morgan fingerprint density at radius 3 is 2.68 bits per heavy atom. The van der Waals surface area contributed by atoms with E-state index < -0.39 is 9.84 Å². The van der Waals surface area contributed by atoms with E-state index in [1.54, 1.807) is 23.6 Å². The molecule has 0 amide bonds. The maximum atomic E-state index is 13.7. The molecule has 2 aromatic rings. The van der Waals surface area contributed by atoms with Crippen LogP contribution in [-0.4, -0.2) is 30.9 Å². The van der Waals surface area contributed by atoms with E-state index >= 15 is 0 Å². The molecular weight excluding hydrogens is 325 g/mol. The number of rotatable bonds is 8. The molecule has 1 N–H and O–H groups in total. The number of hydrogen-bond donors (Lipinski definition) is 1. The summed E-state index contributed by atoms with van der Waals surface area (Å²) in [6.45, 7) is 0.0815. The topological polar surface area (TPSA) is 67.3 Å². The van der Waals surface area contributed by atoms with Crippen molar-refractivity contribution in [3.8, 4) is 10.6 Å². The fraction of sp³-hybridized carbons (Fsp3) is 0.400. The lowest BCUT2D eigenvalue weighted by Gasteiger charge is -2.02. The fourth-order valence-corrected chi connectivity index (χ4v) is 4.38. The predicted molar refractivity (Wildman–Crippen MR) is 85.9 cm³/mol. The minimum atomic E-state index is -3.23. The number of thiazole rings is 1. The van der Waals surface area contributed by atoms with E-state index in [0.717, 1.165) is 0 Å². The van der Waals surface area contributed by atoms with Crippen LogP contribution in [0, 0.1) is 5.82 Å². The highest BCUT2D eigenvalue weighted by atomic mass is 32.2. The zero-order chi connectivity index (χ0) is 16.0. The molecule has 0 aliphatic rings. The van der Waals surface area contributed by atoms with Crippen molar-refractivity contribution in [3.63, 3.8) is 0 Å². The van der Waals surface area contributed by atoms with Crippen LogP contribution in [-0.2, 0) is 15.6 Å². The molecule has 0 aliphatic carbocycles. The number of halogens is 1. The summed E-state index contributed by atoms with van der Waals surface area (Å²) in [5, 5.41) is 10.8. The molecule has 120 valence electrons. The second kappa shape index (κ2) is 7.80. The number of aliphatic hydroxyl groups excluding tert-OH is 1. The van der Waals surface area contributed by atoms with Crippen LogP contribution in [0.1, 0.15) is 25.0 Å². The highest BCUT2D eigenvalue weighted by Gasteiger charge is 2.15. The number of unbranched alkanes of at least 4 members (excludes halogenated alkanes) is 2. The Morgan fingerprint density at radius 1 is 1.18 bits per heavy atom. The van der Waals surface area contributed by atoms with Crippen molar-refractivity contribution in [1.29, 1.82) is 0 Å². The first-order valence-corrected chi connectivity index (χ1v) is 9.72. The Labute approximate surface area is 133 Å². The average Bonchev–Trinajstić information content (AvgIpc) is 2.91. The quantitative estimate of drug-likeness (QED) is 0.748. The summed E-state index contributed by atoms with van der Waals surface area (Å²) in [5.74, 6) is -0.411. The second-order valence-electron chi connectivity index (χ2n) is 5.00. The maximum absolute atomic E-state index is 13.7. The molecule has 0 atom stereocenters. The van der Waals surface area contributed by atoms with Crippen LogP contribution in [0.2, 0.25) is 0 Å². The normalized spacial score (nSPS) is 11.7. The van der Waals surface area contributed by atoms with Gasteiger partial charge < -0.3 is 5.11 Å². The molecule has 0 unspecified atom stereocenters. The van der Waals surface area contributed by atoms with E-state index in [1.807, 2.05) is 0 Å². The van der Waals surface area contributed by atoms with Crippen molar-refractivity contribution in [2.75, 3.05) is 12.4 Å². The number of aromatic nitrogens is 1. The Bertz CT molecular complexity index is 713. The molecule has 0 fully saturated rings. The molecule has 1 aromatic carbocycles. The molecule has 0 bridgehead atoms. The molecular formula is C15H18FNO3S2. The van der Waals surface area contributed by atoms with Crippen molar-refractivity contribution in [2.24, 2.45) is 0 Å². The van der Waals surface area contributed by atoms with Crippen LogP contribution in [0.5, 0.6) is 0 Å². The maximum Gasteiger partial charge on any atom is 0.156 e. The molecule has 0 aliphatic heterocycles. The Kier molecular flexibility index (Phi) is 6.05. The lowest BCUT2D eigenvalue weighted by molar-refractivity contribution is 0.284. The van der Waals surface area contributed by atoms with Gasteiger partial charge in [0.25, 0.3) is 0 Å². The minimum Gasteiger partial charge on any atom is -0.396 e. The summed E-state index contributed by atoms with van der Waals surface area (Å²) >= 11 is 1.24. The van der Waals surface area contributed by atoms with Crippen molar-refractivity contribution in [3.05, 3.63) is 41.2 Å². The largest absolute Gasteiger partial charge is 0.396 e. The number of hydrogen-bond acceptors (Lipinski definition) is 5. The number of nitrogens with zero attached hydrogens (tertiary/aromatic N) is 1. The van der Waals surface area contributed by atoms with E-state index in [-0.39, 0.29) is 23.9 Å². The van der Waals surface area contributed by atoms with Crippen LogP contribution in [0.4, 0.5) is 4.39 Å². The van der Waals surface area contributed by atoms with Crippen molar-refractivity contribution in [2.45, 2.75) is 25.0 Å². The third-order valence-corrected chi connectivity index (χ3v) is 5.71. The summed E-state index contributed by atoms with van der Waals surface area (Å²) in [6.07, 6.45) is 1.84. The standard InChI is InChI=1S/C15H18FNO3S2/c16-14-7-3-2-6-13(14)15-17-12(10-21-15)11-22(19,20)9-5-1-4-8-18/h2-3,6-7,10,18H,1,4-5,8-9,11H2. The van der Waals surface area contributed by atoms with Gasteiger partial charge in [0, 0.05) is 17.6 Å². The van der Waals surface area contributed by atoms with Gasteiger partial charge in [0.1, 0.15) is 10.8 Å². The molecule has 0 spiro atoms. The van der Waals surface area contributed by atoms with Crippen LogP contribution < -0.4 is 0 Å². The molecule has 1 heterocycles. The van der Waals surface area contributed by atoms with Gasteiger partial charge in [0.15, 0.2) is 9.84 Å². The Morgan fingerprint density at radius 2 is 1.95 bits per heavy atom. The molecule has 0 saturated carbocycles. The van der Waals surface area contributed by atoms with Crippen LogP contribution in [0.3, 0.4) is 0 Å². The molecule has 2 rings (SSSR count). The first-order chi connectivity index (χ1) is 10.5. The zero-order valence-electron chi connectivity index (χ0n) is 12.0. The monoisotopic (exact) mass is 343 g/mol. The fourth-order valence-electron chi connectivity index (χ4n) is 2.04. The summed E-state index contributed by atoms with van der Waals surface area (Å²) in [5.41, 5.74) is 0.838. The van der Waals surface area contributed by atoms with Gasteiger partial charge in [-0.3, -0.25) is 0 Å². The van der Waals surface area contributed by atoms with E-state index in [0.29, 0.717) is 35.5 Å². The summed E-state index contributed by atoms with van der Waals surface area (Å²) in [7, 11) is -3.23. The van der Waals surface area contributed by atoms with Gasteiger partial charge in [0.2, 0.25) is 0 Å². The van der Waals surface area contributed by atoms with E-state index in [4.69, 9.17) is 5.11 Å². The number of benzene rings is 1. The Hall–Kier alpha value is -1.31. The molecule has 4 nitrogen and oxygen atoms in total. The lowest BCUT2D eigenvalue weighted by Crippen LogP contribution is -2.09. The highest BCUT2D eigenvalue weighted by Crippen LogP contribution is 2.26. The van der Waals surface area contributed by atoms with Gasteiger partial charge in [-0.2, -0.15) is 0 Å². The van der Waals surface area contributed by atoms with Crippen LogP contribution >= 0.6 is 11.3 Å². The first-order valence-electron chi connectivity index (χ1n) is 7.02. The number of aliphatic hydroxyl groups is 1. The second-order valence-corrected chi connectivity index (χ2v) is 8.04. The Balaban J connectivity index is 2.01. The number of sulfone groups is 1. The van der Waals surface area contributed by atoms with E-state index in [2.05, 4.69) is 4.98 Å². The average molecular weight is 343 g/mol. The smallest absolute Gasteiger partial charge is 0.156 e. The highest BCUT2D eigenvalue weighted by molar-refractivity contribution is 7.90. The van der Waals surface area contributed by atoms with Gasteiger partial charge in [-0.05, 0) is 25.0 Å². The van der Waals surface area contributed by atoms with Gasteiger partial charge in [-0.25, -0.2) is 17.8 Å². The lowest BCUT2D eigenvalue weighted by atomic mass is 10.2. The van der Waals surface area contributed by atoms with Crippen molar-refractivity contribution >= 4 is 21.2 Å². The first kappa shape index (κ1) is 17.1. The zero-order valence-corrected chi connectivity index (χ0v) is 13.7. The van der Waals surface area contributed by atoms with Gasteiger partial charge in [-0.1, -0.05) is 18.6 Å². The summed E-state index contributed by atoms with van der Waals surface area (Å²) in [6, 6.07) is 6.30. The van der Waals surface area contributed by atoms with Crippen molar-refractivity contribution < 1.29 is 17.9 Å². The summed E-state index contributed by atoms with van der Waals surface area (Å²) < 4.78 is 37.7. The van der Waals surface area contributed by atoms with Gasteiger partial charge in [-0.15, -0.1) is 11.3 Å². The summed E-state index contributed by atoms with van der Waals surface area (Å²) in [4.78, 5) is 4.23. The molecule has 22 heavy (non-hydrogen) atoms. The molecule has 0 saturated heterocycles. The van der Waals surface area contributed by atoms with E-state index in [1.165, 1.54) is 17.4 Å². The minimum absolute atomic E-state index is 0.0815. The van der Waals surface area contributed by atoms with Crippen LogP contribution in [0.25, 0.3) is 10.6 Å². The third kappa shape index (κ3) is 4.86. The van der Waals surface area contributed by atoms with Gasteiger partial charge >= 0.3 is 0 Å².